The summed E-state index contributed by atoms with van der Waals surface area (Å²) >= 11 is 0. The Morgan fingerprint density at radius 2 is 2.10 bits per heavy atom. The average Bonchev–Trinajstić information content (AvgIpc) is 3.27. The first-order valence-electron chi connectivity index (χ1n) is 6.79. The number of nitrogens with zero attached hydrogens (tertiary/aromatic N) is 5. The molecule has 1 aliphatic heterocycles. The lowest BCUT2D eigenvalue weighted by atomic mass is 10.1. The molecule has 3 aromatic rings. The topological polar surface area (TPSA) is 78.9 Å². The van der Waals surface area contributed by atoms with E-state index < -0.39 is 0 Å². The summed E-state index contributed by atoms with van der Waals surface area (Å²) in [5.41, 5.74) is 1.45. The van der Waals surface area contributed by atoms with Gasteiger partial charge < -0.3 is 9.26 Å². The van der Waals surface area contributed by atoms with Crippen LogP contribution in [0.15, 0.2) is 41.1 Å². The first-order valence-corrected chi connectivity index (χ1v) is 6.79. The second-order valence-electron chi connectivity index (χ2n) is 4.87. The van der Waals surface area contributed by atoms with Crippen molar-refractivity contribution in [3.05, 3.63) is 42.4 Å². The Morgan fingerprint density at radius 3 is 2.90 bits per heavy atom. The van der Waals surface area contributed by atoms with E-state index in [9.17, 15) is 0 Å². The molecule has 4 rings (SSSR count). The van der Waals surface area contributed by atoms with Crippen molar-refractivity contribution in [1.82, 2.24) is 25.1 Å². The molecule has 0 spiro atoms. The predicted octanol–water partition coefficient (Wildman–Crippen LogP) is 1.82. The summed E-state index contributed by atoms with van der Waals surface area (Å²) in [5, 5.41) is 12.6. The molecule has 21 heavy (non-hydrogen) atoms. The third-order valence-corrected chi connectivity index (χ3v) is 3.43. The molecule has 0 N–H and O–H groups in total. The lowest BCUT2D eigenvalue weighted by Crippen LogP contribution is -2.00. The van der Waals surface area contributed by atoms with Gasteiger partial charge >= 0.3 is 0 Å². The molecule has 1 atom stereocenters. The Hall–Kier alpha value is -2.54. The highest BCUT2D eigenvalue weighted by Crippen LogP contribution is 2.24. The SMILES string of the molecule is c1ccc(-n2ncc(-c3nc([C@@H]4CCOC4)no3)n2)cc1. The maximum absolute atomic E-state index is 5.33. The van der Waals surface area contributed by atoms with E-state index in [-0.39, 0.29) is 5.92 Å². The van der Waals surface area contributed by atoms with Gasteiger partial charge in [-0.25, -0.2) is 0 Å². The van der Waals surface area contributed by atoms with Crippen LogP contribution < -0.4 is 0 Å². The monoisotopic (exact) mass is 283 g/mol. The van der Waals surface area contributed by atoms with Crippen molar-refractivity contribution >= 4 is 0 Å². The molecular weight excluding hydrogens is 270 g/mol. The maximum Gasteiger partial charge on any atom is 0.280 e. The first-order chi connectivity index (χ1) is 10.4. The molecule has 0 saturated carbocycles. The van der Waals surface area contributed by atoms with Crippen LogP contribution >= 0.6 is 0 Å². The zero-order chi connectivity index (χ0) is 14.1. The van der Waals surface area contributed by atoms with E-state index in [0.29, 0.717) is 24.0 Å². The van der Waals surface area contributed by atoms with Crippen molar-refractivity contribution in [3.63, 3.8) is 0 Å². The van der Waals surface area contributed by atoms with Gasteiger partial charge in [0.05, 0.1) is 18.5 Å². The van der Waals surface area contributed by atoms with Crippen LogP contribution in [0.4, 0.5) is 0 Å². The summed E-state index contributed by atoms with van der Waals surface area (Å²) < 4.78 is 10.6. The lowest BCUT2D eigenvalue weighted by molar-refractivity contribution is 0.192. The van der Waals surface area contributed by atoms with Crippen LogP contribution in [0, 0.1) is 0 Å². The molecule has 7 nitrogen and oxygen atoms in total. The standard InChI is InChI=1S/C14H13N5O2/c1-2-4-11(5-3-1)19-15-8-12(17-19)14-16-13(18-21-14)10-6-7-20-9-10/h1-5,8,10H,6-7,9H2/t10-/m1/s1. The Labute approximate surface area is 120 Å². The quantitative estimate of drug-likeness (QED) is 0.729. The molecule has 0 amide bonds. The summed E-state index contributed by atoms with van der Waals surface area (Å²) in [6.45, 7) is 1.40. The van der Waals surface area contributed by atoms with E-state index in [1.807, 2.05) is 30.3 Å². The van der Waals surface area contributed by atoms with Crippen LogP contribution in [0.2, 0.25) is 0 Å². The zero-order valence-electron chi connectivity index (χ0n) is 11.2. The smallest absolute Gasteiger partial charge is 0.280 e. The number of benzene rings is 1. The fourth-order valence-corrected chi connectivity index (χ4v) is 2.29. The molecule has 1 saturated heterocycles. The van der Waals surface area contributed by atoms with Crippen molar-refractivity contribution < 1.29 is 9.26 Å². The Balaban J connectivity index is 1.61. The van der Waals surface area contributed by atoms with Gasteiger partial charge in [0.25, 0.3) is 5.89 Å². The van der Waals surface area contributed by atoms with E-state index in [1.165, 1.54) is 4.80 Å². The summed E-state index contributed by atoms with van der Waals surface area (Å²) in [4.78, 5) is 5.94. The molecule has 1 aromatic carbocycles. The highest BCUT2D eigenvalue weighted by molar-refractivity contribution is 5.44. The summed E-state index contributed by atoms with van der Waals surface area (Å²) in [5.74, 6) is 1.28. The zero-order valence-corrected chi connectivity index (χ0v) is 11.2. The molecule has 1 fully saturated rings. The molecule has 0 aliphatic carbocycles. The van der Waals surface area contributed by atoms with Crippen molar-refractivity contribution in [2.24, 2.45) is 0 Å². The predicted molar refractivity (Wildman–Crippen MR) is 72.8 cm³/mol. The molecule has 7 heteroatoms. The van der Waals surface area contributed by atoms with Gasteiger partial charge in [-0.05, 0) is 18.6 Å². The Kier molecular flexibility index (Phi) is 2.97. The van der Waals surface area contributed by atoms with E-state index in [1.54, 1.807) is 6.20 Å². The van der Waals surface area contributed by atoms with Gasteiger partial charge in [0.15, 0.2) is 11.5 Å². The van der Waals surface area contributed by atoms with Crippen molar-refractivity contribution in [2.75, 3.05) is 13.2 Å². The van der Waals surface area contributed by atoms with Gasteiger partial charge in [0.2, 0.25) is 0 Å². The summed E-state index contributed by atoms with van der Waals surface area (Å²) in [7, 11) is 0. The van der Waals surface area contributed by atoms with E-state index in [0.717, 1.165) is 18.7 Å². The van der Waals surface area contributed by atoms with Gasteiger partial charge in [-0.3, -0.25) is 0 Å². The molecule has 106 valence electrons. The van der Waals surface area contributed by atoms with Crippen LogP contribution in [0.3, 0.4) is 0 Å². The molecular formula is C14H13N5O2. The lowest BCUT2D eigenvalue weighted by Gasteiger charge is -1.97. The largest absolute Gasteiger partial charge is 0.381 e. The molecule has 0 bridgehead atoms. The summed E-state index contributed by atoms with van der Waals surface area (Å²) in [6.07, 6.45) is 2.55. The maximum atomic E-state index is 5.33. The average molecular weight is 283 g/mol. The fraction of sp³-hybridized carbons (Fsp3) is 0.286. The molecule has 2 aromatic heterocycles. The van der Waals surface area contributed by atoms with E-state index in [4.69, 9.17) is 9.26 Å². The minimum Gasteiger partial charge on any atom is -0.381 e. The number of hydrogen-bond acceptors (Lipinski definition) is 6. The highest BCUT2D eigenvalue weighted by atomic mass is 16.5. The van der Waals surface area contributed by atoms with Crippen LogP contribution in [0.25, 0.3) is 17.3 Å². The van der Waals surface area contributed by atoms with Gasteiger partial charge in [-0.1, -0.05) is 23.4 Å². The third-order valence-electron chi connectivity index (χ3n) is 3.43. The van der Waals surface area contributed by atoms with Gasteiger partial charge in [-0.2, -0.15) is 14.9 Å². The van der Waals surface area contributed by atoms with Crippen LogP contribution in [0.5, 0.6) is 0 Å². The minimum atomic E-state index is 0.215. The molecule has 0 radical (unpaired) electrons. The summed E-state index contributed by atoms with van der Waals surface area (Å²) in [6, 6.07) is 9.67. The molecule has 0 unspecified atom stereocenters. The number of hydrogen-bond donors (Lipinski definition) is 0. The molecule has 3 heterocycles. The minimum absolute atomic E-state index is 0.215. The number of aromatic nitrogens is 5. The van der Waals surface area contributed by atoms with Gasteiger partial charge in [0.1, 0.15) is 0 Å². The third kappa shape index (κ3) is 2.31. The van der Waals surface area contributed by atoms with Crippen molar-refractivity contribution in [3.8, 4) is 17.3 Å². The highest BCUT2D eigenvalue weighted by Gasteiger charge is 2.24. The van der Waals surface area contributed by atoms with Gasteiger partial charge in [0, 0.05) is 12.5 Å². The van der Waals surface area contributed by atoms with Gasteiger partial charge in [-0.15, -0.1) is 5.10 Å². The number of rotatable bonds is 3. The second-order valence-corrected chi connectivity index (χ2v) is 4.87. The fourth-order valence-electron chi connectivity index (χ4n) is 2.29. The Morgan fingerprint density at radius 1 is 1.19 bits per heavy atom. The van der Waals surface area contributed by atoms with Crippen LogP contribution in [0.1, 0.15) is 18.2 Å². The Bertz CT molecular complexity index is 731. The van der Waals surface area contributed by atoms with Crippen LogP contribution in [-0.4, -0.2) is 38.3 Å². The molecule has 1 aliphatic rings. The van der Waals surface area contributed by atoms with E-state index >= 15 is 0 Å². The normalized spacial score (nSPS) is 18.2. The first kappa shape index (κ1) is 12.2. The van der Waals surface area contributed by atoms with E-state index in [2.05, 4.69) is 20.3 Å². The van der Waals surface area contributed by atoms with Crippen LogP contribution in [-0.2, 0) is 4.74 Å². The van der Waals surface area contributed by atoms with Crippen molar-refractivity contribution in [1.29, 1.82) is 0 Å². The number of ether oxygens (including phenoxy) is 1. The van der Waals surface area contributed by atoms with Crippen molar-refractivity contribution in [2.45, 2.75) is 12.3 Å². The second kappa shape index (κ2) is 5.10. The number of para-hydroxylation sites is 1.